The van der Waals surface area contributed by atoms with Gasteiger partial charge in [0.05, 0.1) is 5.02 Å². The molecule has 5 heteroatoms. The van der Waals surface area contributed by atoms with Crippen LogP contribution >= 0.6 is 11.6 Å². The van der Waals surface area contributed by atoms with Crippen LogP contribution in [-0.4, -0.2) is 22.0 Å². The summed E-state index contributed by atoms with van der Waals surface area (Å²) < 4.78 is 0. The second kappa shape index (κ2) is 5.35. The lowest BCUT2D eigenvalue weighted by Gasteiger charge is -2.36. The van der Waals surface area contributed by atoms with Crippen LogP contribution in [-0.2, 0) is 6.42 Å². The van der Waals surface area contributed by atoms with Crippen molar-refractivity contribution in [2.75, 3.05) is 7.05 Å². The van der Waals surface area contributed by atoms with Gasteiger partial charge in [-0.3, -0.25) is 4.98 Å². The quantitative estimate of drug-likeness (QED) is 0.923. The predicted octanol–water partition coefficient (Wildman–Crippen LogP) is 3.42. The van der Waals surface area contributed by atoms with Crippen molar-refractivity contribution in [1.29, 1.82) is 0 Å². The smallest absolute Gasteiger partial charge is 0.178 e. The summed E-state index contributed by atoms with van der Waals surface area (Å²) in [5.74, 6) is 0.665. The predicted molar refractivity (Wildman–Crippen MR) is 84.2 cm³/mol. The maximum absolute atomic E-state index is 5.88. The Morgan fingerprint density at radius 2 is 2.05 bits per heavy atom. The van der Waals surface area contributed by atoms with Crippen molar-refractivity contribution in [3.63, 3.8) is 0 Å². The number of halogens is 1. The van der Waals surface area contributed by atoms with Gasteiger partial charge in [0, 0.05) is 29.7 Å². The summed E-state index contributed by atoms with van der Waals surface area (Å²) in [7, 11) is 1.99. The van der Waals surface area contributed by atoms with Crippen LogP contribution < -0.4 is 5.32 Å². The summed E-state index contributed by atoms with van der Waals surface area (Å²) in [5.41, 5.74) is 3.31. The van der Waals surface area contributed by atoms with Crippen LogP contribution in [0.1, 0.15) is 37.6 Å². The van der Waals surface area contributed by atoms with Gasteiger partial charge in [0.1, 0.15) is 5.69 Å². The number of fused-ring (bicyclic) bond motifs is 1. The van der Waals surface area contributed by atoms with Crippen molar-refractivity contribution in [2.24, 2.45) is 5.41 Å². The lowest BCUT2D eigenvalue weighted by atomic mass is 9.74. The number of hydrogen-bond acceptors (Lipinski definition) is 4. The zero-order chi connectivity index (χ0) is 15.0. The van der Waals surface area contributed by atoms with E-state index < -0.39 is 0 Å². The topological polar surface area (TPSA) is 50.7 Å². The second-order valence-electron chi connectivity index (χ2n) is 6.34. The molecular formula is C16H19ClN4. The van der Waals surface area contributed by atoms with Crippen molar-refractivity contribution in [2.45, 2.75) is 32.7 Å². The third kappa shape index (κ3) is 2.92. The average molecular weight is 303 g/mol. The molecule has 2 heterocycles. The lowest BCUT2D eigenvalue weighted by molar-refractivity contribution is 0.260. The molecule has 4 nitrogen and oxygen atoms in total. The number of nitrogens with one attached hydrogen (secondary N) is 1. The summed E-state index contributed by atoms with van der Waals surface area (Å²) in [6, 6.07) is 3.98. The van der Waals surface area contributed by atoms with Crippen LogP contribution in [0.25, 0.3) is 11.5 Å². The van der Waals surface area contributed by atoms with Gasteiger partial charge in [0.2, 0.25) is 0 Å². The van der Waals surface area contributed by atoms with E-state index in [0.29, 0.717) is 16.9 Å². The number of hydrogen-bond donors (Lipinski definition) is 1. The highest BCUT2D eigenvalue weighted by molar-refractivity contribution is 6.30. The summed E-state index contributed by atoms with van der Waals surface area (Å²) in [5, 5.41) is 3.99. The molecule has 0 amide bonds. The largest absolute Gasteiger partial charge is 0.313 e. The van der Waals surface area contributed by atoms with Gasteiger partial charge in [-0.05, 0) is 37.4 Å². The Labute approximate surface area is 130 Å². The van der Waals surface area contributed by atoms with Crippen molar-refractivity contribution in [3.8, 4) is 11.5 Å². The molecule has 0 spiro atoms. The van der Waals surface area contributed by atoms with Gasteiger partial charge in [0.25, 0.3) is 0 Å². The van der Waals surface area contributed by atoms with Crippen molar-refractivity contribution in [3.05, 3.63) is 40.8 Å². The first-order chi connectivity index (χ1) is 9.98. The lowest BCUT2D eigenvalue weighted by Crippen LogP contribution is -2.32. The Morgan fingerprint density at radius 3 is 2.71 bits per heavy atom. The molecule has 110 valence electrons. The number of aromatic nitrogens is 3. The summed E-state index contributed by atoms with van der Waals surface area (Å²) in [6.07, 6.45) is 5.62. The van der Waals surface area contributed by atoms with E-state index in [2.05, 4.69) is 29.1 Å². The molecule has 1 atom stereocenters. The molecule has 21 heavy (non-hydrogen) atoms. The molecule has 2 aromatic heterocycles. The SMILES string of the molecule is CNC1CC(C)(C)Cc2nc(-c3ccc(Cl)cn3)ncc21. The maximum Gasteiger partial charge on any atom is 0.178 e. The van der Waals surface area contributed by atoms with Crippen molar-refractivity contribution < 1.29 is 0 Å². The van der Waals surface area contributed by atoms with E-state index in [0.717, 1.165) is 24.2 Å². The molecule has 3 rings (SSSR count). The Kier molecular flexibility index (Phi) is 3.68. The third-order valence-corrected chi connectivity index (χ3v) is 4.21. The first kappa shape index (κ1) is 14.4. The molecular weight excluding hydrogens is 284 g/mol. The van der Waals surface area contributed by atoms with E-state index >= 15 is 0 Å². The van der Waals surface area contributed by atoms with Crippen LogP contribution in [0.5, 0.6) is 0 Å². The van der Waals surface area contributed by atoms with Crippen molar-refractivity contribution >= 4 is 11.6 Å². The minimum absolute atomic E-state index is 0.236. The third-order valence-electron chi connectivity index (χ3n) is 3.98. The first-order valence-corrected chi connectivity index (χ1v) is 7.51. The Balaban J connectivity index is 2.02. The molecule has 1 aliphatic rings. The summed E-state index contributed by atoms with van der Waals surface area (Å²) in [6.45, 7) is 4.56. The number of rotatable bonds is 2. The zero-order valence-electron chi connectivity index (χ0n) is 12.5. The monoisotopic (exact) mass is 302 g/mol. The van der Waals surface area contributed by atoms with E-state index in [1.165, 1.54) is 5.56 Å². The van der Waals surface area contributed by atoms with Crippen LogP contribution in [0.15, 0.2) is 24.5 Å². The average Bonchev–Trinajstić information content (AvgIpc) is 2.45. The highest BCUT2D eigenvalue weighted by Gasteiger charge is 2.32. The van der Waals surface area contributed by atoms with Crippen LogP contribution in [0.2, 0.25) is 5.02 Å². The molecule has 0 radical (unpaired) electrons. The van der Waals surface area contributed by atoms with Gasteiger partial charge in [-0.25, -0.2) is 9.97 Å². The minimum atomic E-state index is 0.236. The normalized spacial score (nSPS) is 20.1. The van der Waals surface area contributed by atoms with Gasteiger partial charge < -0.3 is 5.32 Å². The molecule has 0 bridgehead atoms. The summed E-state index contributed by atoms with van der Waals surface area (Å²) in [4.78, 5) is 13.5. The fourth-order valence-electron chi connectivity index (χ4n) is 2.94. The van der Waals surface area contributed by atoms with Crippen LogP contribution in [0.4, 0.5) is 0 Å². The van der Waals surface area contributed by atoms with Gasteiger partial charge in [-0.1, -0.05) is 25.4 Å². The molecule has 0 fully saturated rings. The van der Waals surface area contributed by atoms with Gasteiger partial charge in [0.15, 0.2) is 5.82 Å². The summed E-state index contributed by atoms with van der Waals surface area (Å²) >= 11 is 5.88. The molecule has 0 saturated heterocycles. The first-order valence-electron chi connectivity index (χ1n) is 7.13. The molecule has 0 saturated carbocycles. The van der Waals surface area contributed by atoms with E-state index in [-0.39, 0.29) is 5.41 Å². The minimum Gasteiger partial charge on any atom is -0.313 e. The van der Waals surface area contributed by atoms with Gasteiger partial charge in [-0.15, -0.1) is 0 Å². The fourth-order valence-corrected chi connectivity index (χ4v) is 3.05. The van der Waals surface area contributed by atoms with E-state index in [1.807, 2.05) is 25.4 Å². The Hall–Kier alpha value is -1.52. The fraction of sp³-hybridized carbons (Fsp3) is 0.438. The van der Waals surface area contributed by atoms with Gasteiger partial charge >= 0.3 is 0 Å². The maximum atomic E-state index is 5.88. The number of pyridine rings is 1. The Morgan fingerprint density at radius 1 is 1.24 bits per heavy atom. The number of nitrogens with zero attached hydrogens (tertiary/aromatic N) is 3. The molecule has 0 aromatic carbocycles. The van der Waals surface area contributed by atoms with Crippen molar-refractivity contribution in [1.82, 2.24) is 20.3 Å². The van der Waals surface area contributed by atoms with E-state index in [9.17, 15) is 0 Å². The second-order valence-corrected chi connectivity index (χ2v) is 6.78. The highest BCUT2D eigenvalue weighted by atomic mass is 35.5. The standard InChI is InChI=1S/C16H19ClN4/c1-16(2)6-13(18-3)11-9-20-15(21-14(11)7-16)12-5-4-10(17)8-19-12/h4-5,8-9,13,18H,6-7H2,1-3H3. The highest BCUT2D eigenvalue weighted by Crippen LogP contribution is 2.39. The molecule has 1 N–H and O–H groups in total. The molecule has 1 aliphatic carbocycles. The Bertz CT molecular complexity index is 652. The molecule has 2 aromatic rings. The van der Waals surface area contributed by atoms with Crippen LogP contribution in [0, 0.1) is 5.41 Å². The van der Waals surface area contributed by atoms with Crippen LogP contribution in [0.3, 0.4) is 0 Å². The van der Waals surface area contributed by atoms with E-state index in [4.69, 9.17) is 16.6 Å². The molecule has 1 unspecified atom stereocenters. The zero-order valence-corrected chi connectivity index (χ0v) is 13.3. The molecule has 0 aliphatic heterocycles. The van der Waals surface area contributed by atoms with Gasteiger partial charge in [-0.2, -0.15) is 0 Å². The van der Waals surface area contributed by atoms with E-state index in [1.54, 1.807) is 6.20 Å².